The number of aliphatic imine (C=N–C) groups is 1. The van der Waals surface area contributed by atoms with E-state index in [1.54, 1.807) is 0 Å². The molecular weight excluding hydrogens is 272 g/mol. The van der Waals surface area contributed by atoms with Gasteiger partial charge in [-0.25, -0.2) is 10.4 Å². The fourth-order valence-corrected chi connectivity index (χ4v) is 2.82. The zero-order valence-electron chi connectivity index (χ0n) is 12.1. The molecule has 0 atom stereocenters. The monoisotopic (exact) mass is 288 g/mol. The Morgan fingerprint density at radius 2 is 1.68 bits per heavy atom. The maximum Gasteiger partial charge on any atom is 0.212 e. The molecule has 0 fully saturated rings. The van der Waals surface area contributed by atoms with Gasteiger partial charge < -0.3 is 5.32 Å². The first-order valence-corrected chi connectivity index (χ1v) is 7.40. The van der Waals surface area contributed by atoms with Gasteiger partial charge in [-0.05, 0) is 27.6 Å². The van der Waals surface area contributed by atoms with E-state index in [-0.39, 0.29) is 0 Å². The minimum Gasteiger partial charge on any atom is -0.353 e. The fourth-order valence-electron chi connectivity index (χ4n) is 2.82. The van der Waals surface area contributed by atoms with E-state index in [0.717, 1.165) is 24.6 Å². The Morgan fingerprint density at radius 3 is 2.32 bits per heavy atom. The van der Waals surface area contributed by atoms with E-state index in [2.05, 4.69) is 75.4 Å². The van der Waals surface area contributed by atoms with Crippen molar-refractivity contribution >= 4 is 33.7 Å². The number of rotatable bonds is 2. The van der Waals surface area contributed by atoms with E-state index in [4.69, 9.17) is 0 Å². The van der Waals surface area contributed by atoms with Gasteiger partial charge in [0.2, 0.25) is 5.96 Å². The van der Waals surface area contributed by atoms with Crippen LogP contribution in [0.4, 0.5) is 0 Å². The SMILES string of the molecule is C(=NNC1=NCCN1)c1c2ccccc2cc2ccccc12. The third-order valence-corrected chi connectivity index (χ3v) is 3.85. The molecule has 0 amide bonds. The van der Waals surface area contributed by atoms with Crippen molar-refractivity contribution in [2.45, 2.75) is 0 Å². The van der Waals surface area contributed by atoms with E-state index in [0.29, 0.717) is 0 Å². The molecule has 1 heterocycles. The van der Waals surface area contributed by atoms with Crippen LogP contribution in [0.2, 0.25) is 0 Å². The summed E-state index contributed by atoms with van der Waals surface area (Å²) in [5.74, 6) is 0.737. The molecule has 2 N–H and O–H groups in total. The van der Waals surface area contributed by atoms with Crippen LogP contribution in [0.1, 0.15) is 5.56 Å². The number of nitrogens with zero attached hydrogens (tertiary/aromatic N) is 2. The number of hydrazone groups is 1. The zero-order valence-corrected chi connectivity index (χ0v) is 12.1. The number of benzene rings is 3. The minimum absolute atomic E-state index is 0.737. The van der Waals surface area contributed by atoms with Crippen molar-refractivity contribution in [2.75, 3.05) is 13.1 Å². The molecule has 1 aliphatic heterocycles. The molecule has 4 heteroatoms. The number of hydrogen-bond acceptors (Lipinski definition) is 4. The summed E-state index contributed by atoms with van der Waals surface area (Å²) in [6.45, 7) is 1.67. The molecule has 4 rings (SSSR count). The first-order valence-electron chi connectivity index (χ1n) is 7.40. The number of fused-ring (bicyclic) bond motifs is 2. The van der Waals surface area contributed by atoms with Crippen molar-refractivity contribution in [1.82, 2.24) is 10.7 Å². The van der Waals surface area contributed by atoms with Gasteiger partial charge in [0, 0.05) is 12.1 Å². The number of nitrogens with one attached hydrogen (secondary N) is 2. The standard InChI is InChI=1S/C18H16N4/c1-3-7-15-13(5-1)11-14-6-2-4-8-16(14)17(15)12-21-22-18-19-9-10-20-18/h1-8,11-12H,9-10H2,(H2,19,20,22). The Morgan fingerprint density at radius 1 is 1.00 bits per heavy atom. The second-order valence-corrected chi connectivity index (χ2v) is 5.26. The van der Waals surface area contributed by atoms with Crippen molar-refractivity contribution in [3.8, 4) is 0 Å². The Balaban J connectivity index is 1.83. The predicted octanol–water partition coefficient (Wildman–Crippen LogP) is 2.88. The third-order valence-electron chi connectivity index (χ3n) is 3.85. The summed E-state index contributed by atoms with van der Waals surface area (Å²) in [6, 6.07) is 19.0. The largest absolute Gasteiger partial charge is 0.353 e. The lowest BCUT2D eigenvalue weighted by Crippen LogP contribution is -2.30. The Labute approximate surface area is 128 Å². The summed E-state index contributed by atoms with van der Waals surface area (Å²) in [5.41, 5.74) is 4.09. The molecule has 3 aromatic rings. The van der Waals surface area contributed by atoms with E-state index >= 15 is 0 Å². The average molecular weight is 288 g/mol. The molecular formula is C18H16N4. The smallest absolute Gasteiger partial charge is 0.212 e. The highest BCUT2D eigenvalue weighted by molar-refractivity contribution is 6.13. The van der Waals surface area contributed by atoms with E-state index < -0.39 is 0 Å². The van der Waals surface area contributed by atoms with Crippen molar-refractivity contribution in [3.05, 3.63) is 60.2 Å². The first-order chi connectivity index (χ1) is 10.9. The van der Waals surface area contributed by atoms with E-state index in [1.165, 1.54) is 21.5 Å². The van der Waals surface area contributed by atoms with Crippen molar-refractivity contribution in [2.24, 2.45) is 10.1 Å². The first kappa shape index (κ1) is 12.8. The van der Waals surface area contributed by atoms with Gasteiger partial charge in [-0.2, -0.15) is 5.10 Å². The second-order valence-electron chi connectivity index (χ2n) is 5.26. The molecule has 0 saturated heterocycles. The highest BCUT2D eigenvalue weighted by Crippen LogP contribution is 2.27. The van der Waals surface area contributed by atoms with Gasteiger partial charge in [-0.3, -0.25) is 0 Å². The molecule has 0 aromatic heterocycles. The van der Waals surface area contributed by atoms with Crippen molar-refractivity contribution < 1.29 is 0 Å². The lowest BCUT2D eigenvalue weighted by atomic mass is 9.97. The van der Waals surface area contributed by atoms with Gasteiger partial charge in [0.15, 0.2) is 0 Å². The van der Waals surface area contributed by atoms with Gasteiger partial charge in [0.25, 0.3) is 0 Å². The second kappa shape index (κ2) is 5.48. The summed E-state index contributed by atoms with van der Waals surface area (Å²) in [4.78, 5) is 4.27. The quantitative estimate of drug-likeness (QED) is 0.433. The van der Waals surface area contributed by atoms with Crippen LogP contribution in [0.15, 0.2) is 64.7 Å². The molecule has 0 saturated carbocycles. The molecule has 22 heavy (non-hydrogen) atoms. The summed E-state index contributed by atoms with van der Waals surface area (Å²) >= 11 is 0. The topological polar surface area (TPSA) is 48.8 Å². The van der Waals surface area contributed by atoms with Crippen LogP contribution in [-0.4, -0.2) is 25.3 Å². The molecule has 3 aromatic carbocycles. The Bertz CT molecular complexity index is 842. The van der Waals surface area contributed by atoms with Crippen molar-refractivity contribution in [1.29, 1.82) is 0 Å². The van der Waals surface area contributed by atoms with E-state index in [1.807, 2.05) is 6.21 Å². The molecule has 108 valence electrons. The van der Waals surface area contributed by atoms with Crippen molar-refractivity contribution in [3.63, 3.8) is 0 Å². The molecule has 4 nitrogen and oxygen atoms in total. The van der Waals surface area contributed by atoms with Crippen LogP contribution in [0, 0.1) is 0 Å². The van der Waals surface area contributed by atoms with Gasteiger partial charge in [0.05, 0.1) is 12.8 Å². The predicted molar refractivity (Wildman–Crippen MR) is 92.5 cm³/mol. The molecule has 0 unspecified atom stereocenters. The average Bonchev–Trinajstić information content (AvgIpc) is 3.07. The summed E-state index contributed by atoms with van der Waals surface area (Å²) in [5, 5.41) is 12.3. The van der Waals surface area contributed by atoms with E-state index in [9.17, 15) is 0 Å². The molecule has 0 aliphatic carbocycles. The molecule has 0 spiro atoms. The van der Waals surface area contributed by atoms with Gasteiger partial charge >= 0.3 is 0 Å². The van der Waals surface area contributed by atoms with Crippen LogP contribution < -0.4 is 10.7 Å². The van der Waals surface area contributed by atoms with Gasteiger partial charge in [-0.1, -0.05) is 48.5 Å². The van der Waals surface area contributed by atoms with Crippen LogP contribution in [0.25, 0.3) is 21.5 Å². The van der Waals surface area contributed by atoms with Gasteiger partial charge in [0.1, 0.15) is 0 Å². The third kappa shape index (κ3) is 2.29. The zero-order chi connectivity index (χ0) is 14.8. The summed E-state index contributed by atoms with van der Waals surface area (Å²) in [7, 11) is 0. The fraction of sp³-hybridized carbons (Fsp3) is 0.111. The van der Waals surface area contributed by atoms with Crippen LogP contribution in [-0.2, 0) is 0 Å². The number of guanidine groups is 1. The normalized spacial score (nSPS) is 14.5. The highest BCUT2D eigenvalue weighted by Gasteiger charge is 2.06. The van der Waals surface area contributed by atoms with Crippen LogP contribution >= 0.6 is 0 Å². The maximum atomic E-state index is 4.36. The molecule has 0 bridgehead atoms. The summed E-state index contributed by atoms with van der Waals surface area (Å²) in [6.07, 6.45) is 1.88. The lowest BCUT2D eigenvalue weighted by Gasteiger charge is -2.08. The molecule has 0 radical (unpaired) electrons. The van der Waals surface area contributed by atoms with Gasteiger partial charge in [-0.15, -0.1) is 0 Å². The Kier molecular flexibility index (Phi) is 3.20. The lowest BCUT2D eigenvalue weighted by molar-refractivity contribution is 0.920. The highest BCUT2D eigenvalue weighted by atomic mass is 15.4. The minimum atomic E-state index is 0.737. The van der Waals surface area contributed by atoms with Crippen LogP contribution in [0.3, 0.4) is 0 Å². The molecule has 1 aliphatic rings. The Hall–Kier alpha value is -2.88. The number of hydrogen-bond donors (Lipinski definition) is 2. The van der Waals surface area contributed by atoms with Crippen LogP contribution in [0.5, 0.6) is 0 Å². The maximum absolute atomic E-state index is 4.36. The summed E-state index contributed by atoms with van der Waals surface area (Å²) < 4.78 is 0.